The number of aliphatic hydroxyl groups excluding tert-OH is 2. The zero-order chi connectivity index (χ0) is 32.8. The third-order valence-electron chi connectivity index (χ3n) is 10.6. The number of nitrogens with zero attached hydrogens (tertiary/aromatic N) is 7. The molecule has 5 fully saturated rings. The van der Waals surface area contributed by atoms with Crippen molar-refractivity contribution in [1.82, 2.24) is 39.0 Å². The van der Waals surface area contributed by atoms with Gasteiger partial charge >= 0.3 is 14.5 Å². The standard InChI is InChI=1S/C24H28N10O10P2S/c25-18-10-19(28-5-27-18)33(6-29-10)12-8-1-23(8)3-41-45(38,39)43-16-14(35)13(34-7-30-11-20(34)31-22(26)32-21(11)37)9-2-24(9,16)4-42-46(40,47)44-17(23)15(12)36/h5-9,12-17,35-36H,1-4H2,(H,38,39)(H,40,47)(H2,25,27,28)(H3,26,31,32,37)/t8-,9-,12-,13-,14+,15+,16+,17+,23?,24?,46?/m1/s1. The van der Waals surface area contributed by atoms with Gasteiger partial charge in [0.25, 0.3) is 5.56 Å². The van der Waals surface area contributed by atoms with Crippen LogP contribution in [-0.2, 0) is 34.5 Å². The van der Waals surface area contributed by atoms with Crippen LogP contribution in [0.15, 0.2) is 23.8 Å². The van der Waals surface area contributed by atoms with E-state index in [1.165, 1.54) is 23.5 Å². The Bertz CT molecular complexity index is 2150. The van der Waals surface area contributed by atoms with Crippen LogP contribution in [0.3, 0.4) is 0 Å². The van der Waals surface area contributed by atoms with E-state index in [0.717, 1.165) is 0 Å². The number of hydrogen-bond donors (Lipinski definition) is 7. The van der Waals surface area contributed by atoms with Crippen LogP contribution in [0.4, 0.5) is 11.8 Å². The Labute approximate surface area is 267 Å². The number of aromatic nitrogens is 8. The van der Waals surface area contributed by atoms with Crippen molar-refractivity contribution in [1.29, 1.82) is 0 Å². The molecule has 12 atom stereocenters. The highest BCUT2D eigenvalue weighted by atomic mass is 32.5. The van der Waals surface area contributed by atoms with E-state index in [0.29, 0.717) is 24.0 Å². The second kappa shape index (κ2) is 9.60. The molecular weight excluding hydrogens is 682 g/mol. The molecular formula is C24H28N10O10P2S. The number of H-pyrrole nitrogens is 1. The van der Waals surface area contributed by atoms with E-state index in [1.807, 2.05) is 0 Å². The SMILES string of the molecule is Nc1nc2c(ncn2[C@H]2[C@H](O)[C@@H]3OP(=O)(O)OCC45C[C@@H]4[C@@H](n4cnc6c(N)ncnc64)[C@H](O)[C@@H]5OP(O)(=S)OCC34C[C@H]24)c(=O)[nH]1. The van der Waals surface area contributed by atoms with Gasteiger partial charge in [-0.2, -0.15) is 4.98 Å². The summed E-state index contributed by atoms with van der Waals surface area (Å²) in [5.41, 5.74) is 9.75. The van der Waals surface area contributed by atoms with Crippen molar-refractivity contribution in [2.45, 2.75) is 49.3 Å². The summed E-state index contributed by atoms with van der Waals surface area (Å²) in [5, 5.41) is 23.2. The fourth-order valence-corrected chi connectivity index (χ4v) is 10.9. The molecule has 4 aromatic rings. The van der Waals surface area contributed by atoms with Gasteiger partial charge in [-0.1, -0.05) is 0 Å². The maximum absolute atomic E-state index is 13.5. The maximum Gasteiger partial charge on any atom is 0.472 e. The van der Waals surface area contributed by atoms with Crippen molar-refractivity contribution >= 4 is 60.4 Å². The molecule has 4 aromatic heterocycles. The smallest absolute Gasteiger partial charge is 0.388 e. The minimum atomic E-state index is -4.88. The zero-order valence-electron chi connectivity index (χ0n) is 24.0. The number of anilines is 2. The van der Waals surface area contributed by atoms with Crippen LogP contribution in [0.2, 0.25) is 0 Å². The van der Waals surface area contributed by atoms with Crippen molar-refractivity contribution in [3.05, 3.63) is 29.3 Å². The molecule has 1 saturated heterocycles. The first-order chi connectivity index (χ1) is 22.3. The Balaban J connectivity index is 1.06. The number of nitrogens with two attached hydrogens (primary N) is 2. The number of imidazole rings is 2. The van der Waals surface area contributed by atoms with Crippen molar-refractivity contribution in [3.8, 4) is 0 Å². The highest BCUT2D eigenvalue weighted by Gasteiger charge is 2.76. The average Bonchev–Trinajstić information content (AvgIpc) is 3.71. The van der Waals surface area contributed by atoms with Gasteiger partial charge in [0.2, 0.25) is 5.95 Å². The highest BCUT2D eigenvalue weighted by Crippen LogP contribution is 2.75. The van der Waals surface area contributed by atoms with E-state index in [1.54, 1.807) is 4.57 Å². The number of nitrogen functional groups attached to an aromatic ring is 2. The molecule has 20 nitrogen and oxygen atoms in total. The lowest BCUT2D eigenvalue weighted by molar-refractivity contribution is -0.0555. The second-order valence-corrected chi connectivity index (χ2v) is 17.1. The van der Waals surface area contributed by atoms with Crippen LogP contribution in [-0.4, -0.2) is 96.7 Å². The number of aliphatic hydroxyl groups is 2. The lowest BCUT2D eigenvalue weighted by Gasteiger charge is -2.34. The van der Waals surface area contributed by atoms with Gasteiger partial charge in [0.05, 0.1) is 38.0 Å². The molecule has 0 bridgehead atoms. The summed E-state index contributed by atoms with van der Waals surface area (Å²) in [6.07, 6.45) is -0.484. The highest BCUT2D eigenvalue weighted by molar-refractivity contribution is 8.07. The monoisotopic (exact) mass is 710 g/mol. The van der Waals surface area contributed by atoms with Crippen LogP contribution in [0.5, 0.6) is 0 Å². The Morgan fingerprint density at radius 1 is 0.894 bits per heavy atom. The summed E-state index contributed by atoms with van der Waals surface area (Å²) in [5.74, 6) is -0.846. The molecule has 0 radical (unpaired) electrons. The number of nitrogens with one attached hydrogen (secondary N) is 1. The number of aromatic amines is 1. The molecule has 9 N–H and O–H groups in total. The second-order valence-electron chi connectivity index (χ2n) is 12.9. The summed E-state index contributed by atoms with van der Waals surface area (Å²) >= 11 is 5.44. The molecule has 5 aliphatic rings. The molecule has 2 spiro atoms. The predicted molar refractivity (Wildman–Crippen MR) is 161 cm³/mol. The molecule has 4 unspecified atom stereocenters. The molecule has 250 valence electrons. The molecule has 23 heteroatoms. The minimum Gasteiger partial charge on any atom is -0.388 e. The van der Waals surface area contributed by atoms with E-state index in [4.69, 9.17) is 41.4 Å². The van der Waals surface area contributed by atoms with Crippen LogP contribution < -0.4 is 17.0 Å². The van der Waals surface area contributed by atoms with Gasteiger partial charge in [-0.15, -0.1) is 0 Å². The number of phosphoric acid groups is 1. The Morgan fingerprint density at radius 3 is 2.17 bits per heavy atom. The molecule has 4 aliphatic carbocycles. The minimum absolute atomic E-state index is 0.0131. The van der Waals surface area contributed by atoms with Gasteiger partial charge in [-0.25, -0.2) is 24.5 Å². The maximum atomic E-state index is 13.5. The molecule has 1 aliphatic heterocycles. The van der Waals surface area contributed by atoms with Crippen LogP contribution in [0.25, 0.3) is 22.3 Å². The average molecular weight is 711 g/mol. The summed E-state index contributed by atoms with van der Waals surface area (Å²) in [7, 11) is -4.88. The lowest BCUT2D eigenvalue weighted by Crippen LogP contribution is -2.40. The Morgan fingerprint density at radius 2 is 1.49 bits per heavy atom. The molecule has 4 saturated carbocycles. The first-order valence-corrected chi connectivity index (χ1v) is 18.7. The lowest BCUT2D eigenvalue weighted by atomic mass is 10.0. The van der Waals surface area contributed by atoms with Gasteiger partial charge in [0, 0.05) is 10.8 Å². The van der Waals surface area contributed by atoms with Gasteiger partial charge in [-0.05, 0) is 36.5 Å². The van der Waals surface area contributed by atoms with Crippen molar-refractivity contribution in [3.63, 3.8) is 0 Å². The van der Waals surface area contributed by atoms with Gasteiger partial charge in [0.15, 0.2) is 22.6 Å². The van der Waals surface area contributed by atoms with Crippen LogP contribution in [0, 0.1) is 22.7 Å². The van der Waals surface area contributed by atoms with E-state index in [2.05, 4.69) is 29.9 Å². The third-order valence-corrected chi connectivity index (χ3v) is 13.1. The van der Waals surface area contributed by atoms with Crippen molar-refractivity contribution < 1.29 is 42.7 Å². The van der Waals surface area contributed by atoms with E-state index < -0.39 is 80.0 Å². The van der Waals surface area contributed by atoms with Gasteiger partial charge in [0.1, 0.15) is 36.3 Å². The normalized spacial score (nSPS) is 44.3. The fourth-order valence-electron chi connectivity index (χ4n) is 8.34. The topological polar surface area (TPSA) is 294 Å². The van der Waals surface area contributed by atoms with Gasteiger partial charge < -0.3 is 49.6 Å². The van der Waals surface area contributed by atoms with Crippen molar-refractivity contribution in [2.24, 2.45) is 22.7 Å². The summed E-state index contributed by atoms with van der Waals surface area (Å²) in [4.78, 5) is 57.9. The fraction of sp³-hybridized carbons (Fsp3) is 0.583. The number of phosphoric ester groups is 1. The Kier molecular flexibility index (Phi) is 6.16. The molecule has 9 rings (SSSR count). The van der Waals surface area contributed by atoms with E-state index in [-0.39, 0.29) is 35.5 Å². The summed E-state index contributed by atoms with van der Waals surface area (Å²) < 4.78 is 39.9. The third kappa shape index (κ3) is 4.23. The van der Waals surface area contributed by atoms with Crippen LogP contribution in [0.1, 0.15) is 24.9 Å². The van der Waals surface area contributed by atoms with E-state index in [9.17, 15) is 29.4 Å². The first kappa shape index (κ1) is 30.1. The van der Waals surface area contributed by atoms with Gasteiger partial charge in [-0.3, -0.25) is 18.8 Å². The number of hydrogen-bond acceptors (Lipinski definition) is 16. The number of fused-ring (bicyclic) bond motifs is 2. The van der Waals surface area contributed by atoms with Crippen LogP contribution >= 0.6 is 14.5 Å². The molecule has 5 heterocycles. The van der Waals surface area contributed by atoms with Crippen molar-refractivity contribution in [2.75, 3.05) is 24.7 Å². The molecule has 0 amide bonds. The summed E-state index contributed by atoms with van der Waals surface area (Å²) in [6, 6.07) is -1.53. The first-order valence-electron chi connectivity index (χ1n) is 14.6. The quantitative estimate of drug-likeness (QED) is 0.124. The zero-order valence-corrected chi connectivity index (χ0v) is 26.6. The Hall–Kier alpha value is -2.94. The predicted octanol–water partition coefficient (Wildman–Crippen LogP) is -0.898. The largest absolute Gasteiger partial charge is 0.472 e. The number of rotatable bonds is 2. The molecule has 47 heavy (non-hydrogen) atoms. The molecule has 0 aromatic carbocycles. The summed E-state index contributed by atoms with van der Waals surface area (Å²) in [6.45, 7) is -4.82. The van der Waals surface area contributed by atoms with E-state index >= 15 is 0 Å².